The highest BCUT2D eigenvalue weighted by atomic mass is 16.5. The Labute approximate surface area is 305 Å². The highest BCUT2D eigenvalue weighted by molar-refractivity contribution is 5.75. The van der Waals surface area contributed by atoms with E-state index in [0.717, 1.165) is 50.6 Å². The van der Waals surface area contributed by atoms with Crippen molar-refractivity contribution in [2.45, 2.75) is 168 Å². The van der Waals surface area contributed by atoms with Gasteiger partial charge < -0.3 is 24.8 Å². The molecule has 2 aliphatic carbocycles. The van der Waals surface area contributed by atoms with Crippen LogP contribution in [0.15, 0.2) is 9.05 Å². The molecule has 2 aliphatic rings. The van der Waals surface area contributed by atoms with Gasteiger partial charge in [0.15, 0.2) is 11.6 Å². The molecule has 290 valence electrons. The van der Waals surface area contributed by atoms with Gasteiger partial charge in [-0.15, -0.1) is 0 Å². The van der Waals surface area contributed by atoms with Gasteiger partial charge >= 0.3 is 5.97 Å². The van der Waals surface area contributed by atoms with E-state index in [0.29, 0.717) is 48.4 Å². The average Bonchev–Trinajstić information content (AvgIpc) is 3.78. The summed E-state index contributed by atoms with van der Waals surface area (Å²) < 4.78 is 10.8. The average molecular weight is 718 g/mol. The number of hydrogen-bond acceptors (Lipinski definition) is 11. The van der Waals surface area contributed by atoms with Gasteiger partial charge in [0.1, 0.15) is 0 Å². The van der Waals surface area contributed by atoms with Gasteiger partial charge in [0.05, 0.1) is 19.5 Å². The van der Waals surface area contributed by atoms with Crippen LogP contribution in [0.25, 0.3) is 0 Å². The second kappa shape index (κ2) is 24.4. The number of hydrogen-bond donors (Lipinski definition) is 5. The Morgan fingerprint density at radius 2 is 1.14 bits per heavy atom. The molecular weight excluding hydrogens is 650 g/mol. The number of carboxylic acid groups (broad SMARTS) is 1. The van der Waals surface area contributed by atoms with Crippen LogP contribution < -0.4 is 16.1 Å². The number of aliphatic carboxylic acids is 1. The summed E-state index contributed by atoms with van der Waals surface area (Å²) in [6.07, 6.45) is 19.7. The van der Waals surface area contributed by atoms with Crippen LogP contribution in [0.4, 0.5) is 0 Å². The maximum absolute atomic E-state index is 11.7. The Morgan fingerprint density at radius 3 is 1.53 bits per heavy atom. The van der Waals surface area contributed by atoms with Crippen LogP contribution in [0.1, 0.15) is 179 Å². The molecule has 5 N–H and O–H groups in total. The molecule has 1 amide bonds. The Morgan fingerprint density at radius 1 is 0.706 bits per heavy atom. The summed E-state index contributed by atoms with van der Waals surface area (Å²) in [5.41, 5.74) is 1.72. The van der Waals surface area contributed by atoms with Crippen molar-refractivity contribution in [2.24, 2.45) is 23.7 Å². The van der Waals surface area contributed by atoms with Crippen LogP contribution in [-0.2, 0) is 22.7 Å². The van der Waals surface area contributed by atoms with Crippen LogP contribution in [0.3, 0.4) is 0 Å². The minimum atomic E-state index is -0.805. The fourth-order valence-electron chi connectivity index (χ4n) is 7.32. The molecule has 13 nitrogen and oxygen atoms in total. The maximum Gasteiger partial charge on any atom is 0.304 e. The molecule has 2 heterocycles. The van der Waals surface area contributed by atoms with Crippen LogP contribution in [-0.4, -0.2) is 55.6 Å². The molecule has 0 spiro atoms. The molecular formula is C38H67N7O6. The van der Waals surface area contributed by atoms with E-state index in [4.69, 9.17) is 14.3 Å². The normalized spacial score (nSPS) is 16.9. The van der Waals surface area contributed by atoms with Crippen molar-refractivity contribution in [3.8, 4) is 0 Å². The highest BCUT2D eigenvalue weighted by Crippen LogP contribution is 2.32. The standard InChI is InChI=1S/C19H34N4O3.C19H33N3O3/c1-14(2)12-20-13-17-21-19(26-23-17)16(11-18(24)22-25)10-6-9-15-7-4-3-5-8-15;1-14(2)12-20-13-17-21-19(25-22-17)16(11-18(23)24)10-6-9-15-7-4-3-5-8-15/h14-16,20,25H,3-13H2,1-2H3,(H,22,24);14-16,20H,3-13H2,1-2H3,(H,23,24)/t2*16-/m11/s1. The minimum Gasteiger partial charge on any atom is -0.481 e. The first-order valence-corrected chi connectivity index (χ1v) is 19.8. The van der Waals surface area contributed by atoms with Crippen molar-refractivity contribution in [1.82, 2.24) is 36.4 Å². The zero-order chi connectivity index (χ0) is 36.8. The number of carbonyl (C=O) groups excluding carboxylic acids is 1. The Balaban J connectivity index is 0.000000276. The molecule has 0 unspecified atom stereocenters. The maximum atomic E-state index is 11.7. The first-order chi connectivity index (χ1) is 24.6. The van der Waals surface area contributed by atoms with Crippen LogP contribution >= 0.6 is 0 Å². The highest BCUT2D eigenvalue weighted by Gasteiger charge is 2.25. The number of carboxylic acids is 1. The fourth-order valence-corrected chi connectivity index (χ4v) is 7.32. The van der Waals surface area contributed by atoms with Gasteiger partial charge in [-0.05, 0) is 49.6 Å². The molecule has 2 aromatic heterocycles. The smallest absolute Gasteiger partial charge is 0.304 e. The number of nitrogens with one attached hydrogen (secondary N) is 3. The molecule has 4 rings (SSSR count). The number of nitrogens with zero attached hydrogens (tertiary/aromatic N) is 4. The van der Waals surface area contributed by atoms with Gasteiger partial charge in [-0.2, -0.15) is 9.97 Å². The molecule has 0 aliphatic heterocycles. The third-order valence-electron chi connectivity index (χ3n) is 10.1. The van der Waals surface area contributed by atoms with Crippen molar-refractivity contribution in [3.63, 3.8) is 0 Å². The molecule has 51 heavy (non-hydrogen) atoms. The summed E-state index contributed by atoms with van der Waals surface area (Å²) in [4.78, 5) is 31.7. The lowest BCUT2D eigenvalue weighted by Gasteiger charge is -2.22. The minimum absolute atomic E-state index is 0.0612. The number of rotatable bonds is 22. The van der Waals surface area contributed by atoms with Crippen molar-refractivity contribution in [3.05, 3.63) is 23.4 Å². The lowest BCUT2D eigenvalue weighted by Crippen LogP contribution is -2.22. The van der Waals surface area contributed by atoms with Gasteiger partial charge in [-0.3, -0.25) is 14.8 Å². The van der Waals surface area contributed by atoms with Crippen molar-refractivity contribution < 1.29 is 28.9 Å². The second-order valence-electron chi connectivity index (χ2n) is 15.7. The molecule has 0 aromatic carbocycles. The van der Waals surface area contributed by atoms with Gasteiger partial charge in [-0.1, -0.05) is 128 Å². The van der Waals surface area contributed by atoms with Gasteiger partial charge in [0, 0.05) is 18.3 Å². The van der Waals surface area contributed by atoms with Gasteiger partial charge in [-0.25, -0.2) is 5.48 Å². The first-order valence-electron chi connectivity index (χ1n) is 19.8. The Hall–Kier alpha value is -2.90. The van der Waals surface area contributed by atoms with E-state index in [1.54, 1.807) is 5.48 Å². The Kier molecular flexibility index (Phi) is 20.3. The summed E-state index contributed by atoms with van der Waals surface area (Å²) in [5, 5.41) is 32.6. The summed E-state index contributed by atoms with van der Waals surface area (Å²) in [6.45, 7) is 11.5. The summed E-state index contributed by atoms with van der Waals surface area (Å²) in [5.74, 6) is 3.42. The molecule has 2 fully saturated rings. The predicted octanol–water partition coefficient (Wildman–Crippen LogP) is 7.67. The van der Waals surface area contributed by atoms with E-state index in [9.17, 15) is 14.7 Å². The molecule has 13 heteroatoms. The van der Waals surface area contributed by atoms with E-state index >= 15 is 0 Å². The number of hydroxylamine groups is 1. The van der Waals surface area contributed by atoms with Crippen LogP contribution in [0, 0.1) is 23.7 Å². The quantitative estimate of drug-likeness (QED) is 0.0591. The number of aromatic nitrogens is 4. The zero-order valence-electron chi connectivity index (χ0n) is 31.8. The molecule has 0 saturated heterocycles. The third-order valence-corrected chi connectivity index (χ3v) is 10.1. The van der Waals surface area contributed by atoms with Crippen molar-refractivity contribution in [1.29, 1.82) is 0 Å². The molecule has 2 saturated carbocycles. The fraction of sp³-hybridized carbons (Fsp3) is 0.842. The summed E-state index contributed by atoms with van der Waals surface area (Å²) in [7, 11) is 0. The topological polar surface area (TPSA) is 189 Å². The van der Waals surface area contributed by atoms with E-state index in [1.165, 1.54) is 77.0 Å². The summed E-state index contributed by atoms with van der Waals surface area (Å²) in [6, 6.07) is 0. The largest absolute Gasteiger partial charge is 0.481 e. The van der Waals surface area contributed by atoms with Crippen molar-refractivity contribution in [2.75, 3.05) is 13.1 Å². The van der Waals surface area contributed by atoms with Gasteiger partial charge in [0.25, 0.3) is 0 Å². The van der Waals surface area contributed by atoms with E-state index in [1.807, 2.05) is 0 Å². The van der Waals surface area contributed by atoms with E-state index < -0.39 is 11.9 Å². The Bertz CT molecular complexity index is 1220. The van der Waals surface area contributed by atoms with Crippen LogP contribution in [0.5, 0.6) is 0 Å². The van der Waals surface area contributed by atoms with E-state index in [-0.39, 0.29) is 24.7 Å². The molecule has 0 radical (unpaired) electrons. The third kappa shape index (κ3) is 17.9. The van der Waals surface area contributed by atoms with E-state index in [2.05, 4.69) is 58.6 Å². The lowest BCUT2D eigenvalue weighted by molar-refractivity contribution is -0.137. The van der Waals surface area contributed by atoms with Gasteiger partial charge in [0.2, 0.25) is 17.7 Å². The molecule has 0 bridgehead atoms. The lowest BCUT2D eigenvalue weighted by atomic mass is 9.84. The zero-order valence-corrected chi connectivity index (χ0v) is 31.8. The number of amides is 1. The SMILES string of the molecule is CC(C)CNCc1noc([C@H](CCCC2CCCCC2)CC(=O)NO)n1.CC(C)CNCc1noc([C@H](CCCC2CCCCC2)CC(=O)O)n1. The molecule has 2 aromatic rings. The van der Waals surface area contributed by atoms with Crippen LogP contribution in [0.2, 0.25) is 0 Å². The first kappa shape index (κ1) is 42.5. The molecule has 2 atom stereocenters. The predicted molar refractivity (Wildman–Crippen MR) is 195 cm³/mol. The number of carbonyl (C=O) groups is 2. The monoisotopic (exact) mass is 718 g/mol. The van der Waals surface area contributed by atoms with Crippen molar-refractivity contribution >= 4 is 11.9 Å². The second-order valence-corrected chi connectivity index (χ2v) is 15.7. The summed E-state index contributed by atoms with van der Waals surface area (Å²) >= 11 is 0.